The lowest BCUT2D eigenvalue weighted by Gasteiger charge is -2.32. The third-order valence-electron chi connectivity index (χ3n) is 6.45. The summed E-state index contributed by atoms with van der Waals surface area (Å²) in [5.74, 6) is 0.466. The van der Waals surface area contributed by atoms with Gasteiger partial charge in [0.15, 0.2) is 0 Å². The molecule has 4 rings (SSSR count). The zero-order valence-electron chi connectivity index (χ0n) is 17.1. The van der Waals surface area contributed by atoms with Gasteiger partial charge >= 0.3 is 0 Å². The summed E-state index contributed by atoms with van der Waals surface area (Å²) in [5.41, 5.74) is 1.13. The average Bonchev–Trinajstić information content (AvgIpc) is 2.78. The van der Waals surface area contributed by atoms with Gasteiger partial charge in [0, 0.05) is 36.3 Å². The largest absolute Gasteiger partial charge is 0.380 e. The lowest BCUT2D eigenvalue weighted by molar-refractivity contribution is -0.121. The molecule has 2 aromatic carbocycles. The fourth-order valence-corrected chi connectivity index (χ4v) is 4.74. The lowest BCUT2D eigenvalue weighted by atomic mass is 9.81. The number of carbonyl (C=O) groups is 1. The van der Waals surface area contributed by atoms with Crippen LogP contribution >= 0.6 is 11.6 Å². The first-order chi connectivity index (χ1) is 14.5. The summed E-state index contributed by atoms with van der Waals surface area (Å²) in [6, 6.07) is 7.14. The Morgan fingerprint density at radius 1 is 0.967 bits per heavy atom. The van der Waals surface area contributed by atoms with E-state index in [9.17, 15) is 14.4 Å². The van der Waals surface area contributed by atoms with Crippen LogP contribution in [0.25, 0.3) is 0 Å². The maximum Gasteiger partial charge on any atom is 0.253 e. The standard InChI is InChI=1S/C23H28ClN3O3/c24-17-8-10-18(11-9-17)26-23(30)16-6-4-15(5-7-16)14-25-19-20(22(29)21(19)28)27-12-2-1-3-13-27/h8-11,15-16,25H,1-7,12-14H2,(H,26,30). The molecule has 0 atom stereocenters. The molecule has 1 aliphatic carbocycles. The van der Waals surface area contributed by atoms with Gasteiger partial charge in [-0.3, -0.25) is 14.4 Å². The summed E-state index contributed by atoms with van der Waals surface area (Å²) in [6.45, 7) is 2.39. The highest BCUT2D eigenvalue weighted by Crippen LogP contribution is 2.31. The van der Waals surface area contributed by atoms with Gasteiger partial charge in [0.2, 0.25) is 5.91 Å². The highest BCUT2D eigenvalue weighted by Gasteiger charge is 2.29. The average molecular weight is 430 g/mol. The van der Waals surface area contributed by atoms with Crippen molar-refractivity contribution in [3.8, 4) is 0 Å². The molecule has 0 unspecified atom stereocenters. The van der Waals surface area contributed by atoms with E-state index in [0.29, 0.717) is 28.9 Å². The van der Waals surface area contributed by atoms with Crippen LogP contribution < -0.4 is 26.4 Å². The Labute approximate surface area is 181 Å². The number of piperidine rings is 1. The van der Waals surface area contributed by atoms with Gasteiger partial charge in [0.25, 0.3) is 10.9 Å². The van der Waals surface area contributed by atoms with E-state index in [1.165, 1.54) is 6.42 Å². The van der Waals surface area contributed by atoms with Gasteiger partial charge in [0.05, 0.1) is 0 Å². The number of nitrogens with one attached hydrogen (secondary N) is 2. The fourth-order valence-electron chi connectivity index (χ4n) is 4.62. The minimum atomic E-state index is -0.383. The number of halogens is 1. The van der Waals surface area contributed by atoms with E-state index in [-0.39, 0.29) is 22.7 Å². The minimum Gasteiger partial charge on any atom is -0.380 e. The molecule has 0 aromatic heterocycles. The van der Waals surface area contributed by atoms with Gasteiger partial charge in [-0.25, -0.2) is 0 Å². The second-order valence-corrected chi connectivity index (χ2v) is 8.96. The van der Waals surface area contributed by atoms with Crippen LogP contribution in [0.1, 0.15) is 44.9 Å². The number of amides is 1. The van der Waals surface area contributed by atoms with E-state index in [1.807, 2.05) is 0 Å². The Morgan fingerprint density at radius 2 is 1.63 bits per heavy atom. The smallest absolute Gasteiger partial charge is 0.253 e. The number of carbonyl (C=O) groups excluding carboxylic acids is 1. The van der Waals surface area contributed by atoms with Crippen molar-refractivity contribution in [3.63, 3.8) is 0 Å². The summed E-state index contributed by atoms with van der Waals surface area (Å²) in [6.07, 6.45) is 6.85. The predicted molar refractivity (Wildman–Crippen MR) is 121 cm³/mol. The molecule has 1 aliphatic heterocycles. The van der Waals surface area contributed by atoms with Crippen molar-refractivity contribution < 1.29 is 4.79 Å². The molecule has 2 N–H and O–H groups in total. The summed E-state index contributed by atoms with van der Waals surface area (Å²) in [5, 5.41) is 6.87. The quantitative estimate of drug-likeness (QED) is 0.683. The molecule has 0 bridgehead atoms. The molecule has 2 aromatic rings. The van der Waals surface area contributed by atoms with Gasteiger partial charge in [-0.05, 0) is 75.1 Å². The lowest BCUT2D eigenvalue weighted by Crippen LogP contribution is -2.45. The molecule has 1 amide bonds. The number of nitrogens with zero attached hydrogens (tertiary/aromatic N) is 1. The van der Waals surface area contributed by atoms with Crippen LogP contribution in [0.3, 0.4) is 0 Å². The fraction of sp³-hybridized carbons (Fsp3) is 0.522. The zero-order chi connectivity index (χ0) is 21.1. The first-order valence-electron chi connectivity index (χ1n) is 10.9. The SMILES string of the molecule is O=C(Nc1ccc(Cl)cc1)C1CCC(CNc2c(N3CCCCC3)c(=O)c2=O)CC1. The maximum atomic E-state index is 12.5. The molecule has 30 heavy (non-hydrogen) atoms. The Morgan fingerprint density at radius 3 is 2.30 bits per heavy atom. The Bertz CT molecular complexity index is 951. The van der Waals surface area contributed by atoms with E-state index in [1.54, 1.807) is 24.3 Å². The van der Waals surface area contributed by atoms with Crippen LogP contribution in [-0.2, 0) is 4.79 Å². The molecule has 0 spiro atoms. The van der Waals surface area contributed by atoms with Crippen molar-refractivity contribution in [1.29, 1.82) is 0 Å². The van der Waals surface area contributed by atoms with Crippen molar-refractivity contribution >= 4 is 34.6 Å². The molecule has 7 heteroatoms. The van der Waals surface area contributed by atoms with Crippen molar-refractivity contribution in [3.05, 3.63) is 49.7 Å². The topological polar surface area (TPSA) is 78.5 Å². The Kier molecular flexibility index (Phi) is 6.42. The second-order valence-electron chi connectivity index (χ2n) is 8.52. The van der Waals surface area contributed by atoms with Gasteiger partial charge in [0.1, 0.15) is 11.4 Å². The van der Waals surface area contributed by atoms with Crippen molar-refractivity contribution in [2.75, 3.05) is 35.2 Å². The second kappa shape index (κ2) is 9.21. The van der Waals surface area contributed by atoms with Gasteiger partial charge in [-0.15, -0.1) is 0 Å². The number of benzene rings is 1. The summed E-state index contributed by atoms with van der Waals surface area (Å²) >= 11 is 5.89. The van der Waals surface area contributed by atoms with Gasteiger partial charge < -0.3 is 15.5 Å². The highest BCUT2D eigenvalue weighted by atomic mass is 35.5. The van der Waals surface area contributed by atoms with E-state index in [0.717, 1.165) is 57.3 Å². The van der Waals surface area contributed by atoms with Crippen LogP contribution in [0.5, 0.6) is 0 Å². The van der Waals surface area contributed by atoms with E-state index in [4.69, 9.17) is 11.6 Å². The molecular weight excluding hydrogens is 402 g/mol. The number of anilines is 3. The highest BCUT2D eigenvalue weighted by molar-refractivity contribution is 6.30. The number of rotatable bonds is 6. The van der Waals surface area contributed by atoms with Crippen LogP contribution in [0.4, 0.5) is 17.1 Å². The van der Waals surface area contributed by atoms with Crippen molar-refractivity contribution in [2.24, 2.45) is 11.8 Å². The van der Waals surface area contributed by atoms with Crippen LogP contribution in [0, 0.1) is 11.8 Å². The molecular formula is C23H28ClN3O3. The Hall–Kier alpha value is -2.34. The molecule has 2 fully saturated rings. The van der Waals surface area contributed by atoms with Crippen molar-refractivity contribution in [2.45, 2.75) is 44.9 Å². The minimum absolute atomic E-state index is 0.00645. The van der Waals surface area contributed by atoms with Crippen LogP contribution in [-0.4, -0.2) is 25.5 Å². The predicted octanol–water partition coefficient (Wildman–Crippen LogP) is 3.78. The zero-order valence-corrected chi connectivity index (χ0v) is 17.8. The van der Waals surface area contributed by atoms with E-state index < -0.39 is 0 Å². The monoisotopic (exact) mass is 429 g/mol. The normalized spacial score (nSPS) is 22.1. The molecule has 1 saturated carbocycles. The van der Waals surface area contributed by atoms with E-state index in [2.05, 4.69) is 15.5 Å². The summed E-state index contributed by atoms with van der Waals surface area (Å²) in [4.78, 5) is 38.7. The van der Waals surface area contributed by atoms with Crippen LogP contribution in [0.2, 0.25) is 5.02 Å². The van der Waals surface area contributed by atoms with E-state index >= 15 is 0 Å². The molecule has 2 aliphatic rings. The van der Waals surface area contributed by atoms with Crippen molar-refractivity contribution in [1.82, 2.24) is 0 Å². The number of hydrogen-bond donors (Lipinski definition) is 2. The Balaban J connectivity index is 1.26. The molecule has 6 nitrogen and oxygen atoms in total. The molecule has 160 valence electrons. The molecule has 1 saturated heterocycles. The van der Waals surface area contributed by atoms with Crippen LogP contribution in [0.15, 0.2) is 33.9 Å². The first kappa shape index (κ1) is 20.9. The molecule has 1 heterocycles. The number of hydrogen-bond acceptors (Lipinski definition) is 5. The maximum absolute atomic E-state index is 12.5. The third kappa shape index (κ3) is 4.53. The van der Waals surface area contributed by atoms with Gasteiger partial charge in [-0.1, -0.05) is 11.6 Å². The van der Waals surface area contributed by atoms with Gasteiger partial charge in [-0.2, -0.15) is 0 Å². The molecule has 0 radical (unpaired) electrons. The summed E-state index contributed by atoms with van der Waals surface area (Å²) in [7, 11) is 0. The third-order valence-corrected chi connectivity index (χ3v) is 6.71. The first-order valence-corrected chi connectivity index (χ1v) is 11.3. The summed E-state index contributed by atoms with van der Waals surface area (Å²) < 4.78 is 0.